The quantitative estimate of drug-likeness (QED) is 0.367. The molecule has 12 heteroatoms. The van der Waals surface area contributed by atoms with E-state index in [0.717, 1.165) is 10.2 Å². The van der Waals surface area contributed by atoms with Crippen LogP contribution < -0.4 is 10.2 Å². The summed E-state index contributed by atoms with van der Waals surface area (Å²) in [5, 5.41) is 31.5. The summed E-state index contributed by atoms with van der Waals surface area (Å²) >= 11 is 1.36. The summed E-state index contributed by atoms with van der Waals surface area (Å²) in [7, 11) is 0. The highest BCUT2D eigenvalue weighted by atomic mass is 32.1. The molecule has 33 heavy (non-hydrogen) atoms. The van der Waals surface area contributed by atoms with Crippen molar-refractivity contribution >= 4 is 51.1 Å². The number of anilines is 1. The van der Waals surface area contributed by atoms with E-state index in [4.69, 9.17) is 5.11 Å². The Kier molecular flexibility index (Phi) is 6.03. The number of thiazole rings is 1. The number of carboxylic acid groups (broad SMARTS) is 2. The third kappa shape index (κ3) is 4.38. The van der Waals surface area contributed by atoms with Crippen molar-refractivity contribution in [2.45, 2.75) is 25.1 Å². The molecule has 4 N–H and O–H groups in total. The van der Waals surface area contributed by atoms with Crippen LogP contribution in [0.2, 0.25) is 0 Å². The number of hydrogen-bond donors (Lipinski definition) is 4. The Morgan fingerprint density at radius 2 is 1.91 bits per heavy atom. The zero-order valence-electron chi connectivity index (χ0n) is 16.9. The molecule has 170 valence electrons. The van der Waals surface area contributed by atoms with Crippen LogP contribution in [0.25, 0.3) is 10.2 Å². The van der Waals surface area contributed by atoms with E-state index in [1.54, 1.807) is 0 Å². The number of aliphatic carboxylic acids is 2. The topological polar surface area (TPSA) is 170 Å². The first kappa shape index (κ1) is 22.3. The third-order valence-electron chi connectivity index (χ3n) is 5.15. The Balaban J connectivity index is 1.66. The van der Waals surface area contributed by atoms with E-state index in [9.17, 15) is 29.4 Å². The third-order valence-corrected chi connectivity index (χ3v) is 6.17. The maximum atomic E-state index is 13.3. The van der Waals surface area contributed by atoms with Gasteiger partial charge in [0, 0.05) is 11.8 Å². The lowest BCUT2D eigenvalue weighted by Crippen LogP contribution is -2.53. The number of fused-ring (bicyclic) bond motifs is 2. The van der Waals surface area contributed by atoms with Gasteiger partial charge < -0.3 is 20.6 Å². The molecule has 1 aliphatic rings. The first-order chi connectivity index (χ1) is 15.8. The van der Waals surface area contributed by atoms with Crippen LogP contribution in [-0.4, -0.2) is 55.1 Å². The number of benzene rings is 1. The van der Waals surface area contributed by atoms with E-state index >= 15 is 0 Å². The van der Waals surface area contributed by atoms with E-state index in [2.05, 4.69) is 15.3 Å². The van der Waals surface area contributed by atoms with E-state index in [1.807, 2.05) is 24.3 Å². The van der Waals surface area contributed by atoms with Gasteiger partial charge in [-0.2, -0.15) is 0 Å². The van der Waals surface area contributed by atoms with Crippen LogP contribution in [-0.2, 0) is 25.7 Å². The van der Waals surface area contributed by atoms with Crippen molar-refractivity contribution in [1.82, 2.24) is 15.3 Å². The van der Waals surface area contributed by atoms with E-state index in [1.165, 1.54) is 34.6 Å². The second-order valence-electron chi connectivity index (χ2n) is 7.34. The molecule has 3 heterocycles. The number of carbonyl (C=O) groups excluding carboxylic acids is 2. The lowest BCUT2D eigenvalue weighted by molar-refractivity contribution is -0.149. The Morgan fingerprint density at radius 1 is 1.15 bits per heavy atom. The fourth-order valence-corrected chi connectivity index (χ4v) is 4.58. The number of aliphatic hydroxyl groups is 1. The van der Waals surface area contributed by atoms with Gasteiger partial charge >= 0.3 is 11.9 Å². The lowest BCUT2D eigenvalue weighted by atomic mass is 9.89. The number of amides is 2. The fraction of sp³-hybridized carbons (Fsp3) is 0.238. The van der Waals surface area contributed by atoms with Crippen molar-refractivity contribution in [3.8, 4) is 0 Å². The number of hydrogen-bond acceptors (Lipinski definition) is 8. The highest BCUT2D eigenvalue weighted by molar-refractivity contribution is 7.18. The van der Waals surface area contributed by atoms with Crippen LogP contribution >= 0.6 is 11.3 Å². The molecule has 3 unspecified atom stereocenters. The molecule has 1 aromatic carbocycles. The van der Waals surface area contributed by atoms with Gasteiger partial charge in [-0.1, -0.05) is 18.2 Å². The van der Waals surface area contributed by atoms with Crippen LogP contribution in [0.4, 0.5) is 5.82 Å². The van der Waals surface area contributed by atoms with Crippen LogP contribution in [0, 0.1) is 5.92 Å². The molecule has 0 saturated heterocycles. The minimum absolute atomic E-state index is 0.0177. The van der Waals surface area contributed by atoms with Gasteiger partial charge in [-0.15, -0.1) is 11.3 Å². The van der Waals surface area contributed by atoms with E-state index < -0.39 is 48.2 Å². The Labute approximate surface area is 190 Å². The molecule has 3 atom stereocenters. The average Bonchev–Trinajstić information content (AvgIpc) is 3.18. The maximum absolute atomic E-state index is 13.3. The van der Waals surface area contributed by atoms with Gasteiger partial charge in [0.05, 0.1) is 23.2 Å². The van der Waals surface area contributed by atoms with Gasteiger partial charge in [0.25, 0.3) is 0 Å². The van der Waals surface area contributed by atoms with Crippen molar-refractivity contribution in [2.24, 2.45) is 5.92 Å². The average molecular weight is 470 g/mol. The van der Waals surface area contributed by atoms with E-state index in [0.29, 0.717) is 5.01 Å². The second kappa shape index (κ2) is 8.92. The SMILES string of the molecule is O=C(O)CC(NC(=O)C1C(=O)N(Cc2nc3ccccc3s2)c2ncccc2C1O)C(=O)O. The molecular formula is C21H18N4O7S. The summed E-state index contributed by atoms with van der Waals surface area (Å²) in [6.07, 6.45) is -1.03. The largest absolute Gasteiger partial charge is 0.481 e. The molecule has 3 aromatic rings. The molecule has 0 bridgehead atoms. The van der Waals surface area contributed by atoms with Gasteiger partial charge in [0.1, 0.15) is 28.9 Å². The summed E-state index contributed by atoms with van der Waals surface area (Å²) < 4.78 is 0.908. The Hall–Kier alpha value is -3.90. The van der Waals surface area contributed by atoms with Gasteiger partial charge in [-0.3, -0.25) is 19.3 Å². The van der Waals surface area contributed by atoms with Gasteiger partial charge in [0.15, 0.2) is 0 Å². The van der Waals surface area contributed by atoms with Crippen molar-refractivity contribution in [1.29, 1.82) is 0 Å². The van der Waals surface area contributed by atoms with Gasteiger partial charge in [0.2, 0.25) is 11.8 Å². The standard InChI is InChI=1S/C21H18N4O7S/c26-15(27)8-12(21(31)32)24-19(29)16-17(28)10-4-3-7-22-18(10)25(20(16)30)9-14-23-11-5-1-2-6-13(11)33-14/h1-7,12,16-17,28H,8-9H2,(H,24,29)(H,26,27)(H,31,32). The van der Waals surface area contributed by atoms with Gasteiger partial charge in [-0.05, 0) is 18.2 Å². The monoisotopic (exact) mass is 470 g/mol. The zero-order valence-corrected chi connectivity index (χ0v) is 17.7. The first-order valence-corrected chi connectivity index (χ1v) is 10.6. The Morgan fingerprint density at radius 3 is 2.61 bits per heavy atom. The summed E-state index contributed by atoms with van der Waals surface area (Å²) in [6, 6.07) is 8.69. The number of pyridine rings is 1. The minimum Gasteiger partial charge on any atom is -0.481 e. The predicted octanol–water partition coefficient (Wildman–Crippen LogP) is 0.932. The molecule has 0 aliphatic carbocycles. The second-order valence-corrected chi connectivity index (χ2v) is 8.45. The molecule has 0 spiro atoms. The molecule has 0 fully saturated rings. The van der Waals surface area contributed by atoms with E-state index in [-0.39, 0.29) is 17.9 Å². The number of aromatic nitrogens is 2. The lowest BCUT2D eigenvalue weighted by Gasteiger charge is -2.35. The number of carboxylic acids is 2. The number of rotatable bonds is 7. The van der Waals surface area contributed by atoms with Crippen molar-refractivity contribution in [3.05, 3.63) is 53.2 Å². The number of para-hydroxylation sites is 1. The predicted molar refractivity (Wildman–Crippen MR) is 115 cm³/mol. The van der Waals surface area contributed by atoms with Crippen molar-refractivity contribution < 1.29 is 34.5 Å². The maximum Gasteiger partial charge on any atom is 0.326 e. The van der Waals surface area contributed by atoms with Crippen LogP contribution in [0.5, 0.6) is 0 Å². The summed E-state index contributed by atoms with van der Waals surface area (Å²) in [6.45, 7) is -0.0177. The number of nitrogens with one attached hydrogen (secondary N) is 1. The molecule has 2 amide bonds. The van der Waals surface area contributed by atoms with Crippen LogP contribution in [0.15, 0.2) is 42.6 Å². The molecule has 2 aromatic heterocycles. The molecule has 1 aliphatic heterocycles. The fourth-order valence-electron chi connectivity index (χ4n) is 3.62. The van der Waals surface area contributed by atoms with Crippen molar-refractivity contribution in [3.63, 3.8) is 0 Å². The Bertz CT molecular complexity index is 1230. The summed E-state index contributed by atoms with van der Waals surface area (Å²) in [5.41, 5.74) is 0.957. The highest BCUT2D eigenvalue weighted by Crippen LogP contribution is 2.38. The smallest absolute Gasteiger partial charge is 0.326 e. The number of nitrogens with zero attached hydrogens (tertiary/aromatic N) is 3. The molecule has 0 saturated carbocycles. The molecule has 11 nitrogen and oxygen atoms in total. The molecule has 0 radical (unpaired) electrons. The normalized spacial score (nSPS) is 18.6. The van der Waals surface area contributed by atoms with Crippen LogP contribution in [0.1, 0.15) is 23.1 Å². The van der Waals surface area contributed by atoms with Crippen LogP contribution in [0.3, 0.4) is 0 Å². The number of aliphatic hydroxyl groups excluding tert-OH is 1. The highest BCUT2D eigenvalue weighted by Gasteiger charge is 2.45. The van der Waals surface area contributed by atoms with Crippen molar-refractivity contribution in [2.75, 3.05) is 4.90 Å². The van der Waals surface area contributed by atoms with Gasteiger partial charge in [-0.25, -0.2) is 14.8 Å². The first-order valence-electron chi connectivity index (χ1n) is 9.80. The summed E-state index contributed by atoms with van der Waals surface area (Å²) in [5.74, 6) is -6.43. The molecule has 4 rings (SSSR count). The molecular weight excluding hydrogens is 452 g/mol. The summed E-state index contributed by atoms with van der Waals surface area (Å²) in [4.78, 5) is 58.4. The minimum atomic E-state index is -1.76. The number of carbonyl (C=O) groups is 4. The zero-order chi connectivity index (χ0) is 23.7.